The molecular weight excluding hydrogens is 385 g/mol. The summed E-state index contributed by atoms with van der Waals surface area (Å²) in [6.07, 6.45) is -1.07. The molecule has 0 heterocycles. The average molecular weight is 403 g/mol. The first kappa shape index (κ1) is 19.7. The summed E-state index contributed by atoms with van der Waals surface area (Å²) in [4.78, 5) is 10.8. The maximum Gasteiger partial charge on any atom is 0.404 e. The Labute approximate surface area is 161 Å². The lowest BCUT2D eigenvalue weighted by molar-refractivity contribution is 0.192. The van der Waals surface area contributed by atoms with Crippen LogP contribution in [-0.2, 0) is 12.0 Å². The minimum absolute atomic E-state index is 0.246. The fraction of sp³-hybridized carbons (Fsp3) is 0.278. The summed E-state index contributed by atoms with van der Waals surface area (Å²) in [6.45, 7) is 4.40. The molecule has 0 unspecified atom stereocenters. The summed E-state index contributed by atoms with van der Waals surface area (Å²) >= 11 is 18.2. The van der Waals surface area contributed by atoms with E-state index in [4.69, 9.17) is 44.6 Å². The molecule has 2 rings (SSSR count). The molecule has 2 N–H and O–H groups in total. The number of nitrogens with one attached hydrogen (secondary N) is 1. The van der Waals surface area contributed by atoms with Crippen LogP contribution in [0.2, 0.25) is 15.1 Å². The summed E-state index contributed by atoms with van der Waals surface area (Å²) < 4.78 is 5.74. The summed E-state index contributed by atoms with van der Waals surface area (Å²) in [5, 5.41) is 12.8. The predicted molar refractivity (Wildman–Crippen MR) is 101 cm³/mol. The molecule has 0 bridgehead atoms. The van der Waals surface area contributed by atoms with Gasteiger partial charge in [-0.3, -0.25) is 0 Å². The Morgan fingerprint density at radius 1 is 1.12 bits per heavy atom. The van der Waals surface area contributed by atoms with Crippen molar-refractivity contribution in [3.8, 4) is 5.75 Å². The molecule has 0 aliphatic heterocycles. The van der Waals surface area contributed by atoms with Crippen molar-refractivity contribution >= 4 is 40.9 Å². The van der Waals surface area contributed by atoms with Crippen molar-refractivity contribution in [1.82, 2.24) is 5.32 Å². The van der Waals surface area contributed by atoms with E-state index in [1.807, 2.05) is 26.0 Å². The normalized spacial score (nSPS) is 11.2. The van der Waals surface area contributed by atoms with E-state index in [0.717, 1.165) is 11.1 Å². The second-order valence-corrected chi connectivity index (χ2v) is 7.53. The number of carbonyl (C=O) groups is 1. The Bertz CT molecular complexity index is 758. The monoisotopic (exact) mass is 401 g/mol. The van der Waals surface area contributed by atoms with Crippen molar-refractivity contribution in [2.24, 2.45) is 0 Å². The summed E-state index contributed by atoms with van der Waals surface area (Å²) in [7, 11) is 0. The molecule has 0 aliphatic rings. The maximum absolute atomic E-state index is 10.8. The first-order valence-electron chi connectivity index (χ1n) is 7.52. The predicted octanol–water partition coefficient (Wildman–Crippen LogP) is 5.77. The maximum atomic E-state index is 10.8. The van der Waals surface area contributed by atoms with Crippen LogP contribution in [0, 0.1) is 0 Å². The van der Waals surface area contributed by atoms with Gasteiger partial charge in [0.2, 0.25) is 0 Å². The highest BCUT2D eigenvalue weighted by atomic mass is 35.5. The number of rotatable bonds is 6. The largest absolute Gasteiger partial charge is 0.489 e. The highest BCUT2D eigenvalue weighted by molar-refractivity contribution is 6.34. The molecular formula is C18H18Cl3NO3. The van der Waals surface area contributed by atoms with Crippen LogP contribution in [0.3, 0.4) is 0 Å². The molecule has 0 fully saturated rings. The van der Waals surface area contributed by atoms with Gasteiger partial charge in [0.1, 0.15) is 12.4 Å². The third-order valence-corrected chi connectivity index (χ3v) is 4.45. The van der Waals surface area contributed by atoms with Crippen molar-refractivity contribution in [3.05, 3.63) is 62.6 Å². The molecule has 1 amide bonds. The van der Waals surface area contributed by atoms with E-state index >= 15 is 0 Å². The minimum Gasteiger partial charge on any atom is -0.489 e. The zero-order valence-electron chi connectivity index (χ0n) is 13.8. The van der Waals surface area contributed by atoms with E-state index in [2.05, 4.69) is 5.32 Å². The van der Waals surface area contributed by atoms with E-state index in [1.165, 1.54) is 0 Å². The van der Waals surface area contributed by atoms with E-state index in [1.54, 1.807) is 24.3 Å². The van der Waals surface area contributed by atoms with Crippen molar-refractivity contribution in [1.29, 1.82) is 0 Å². The van der Waals surface area contributed by atoms with E-state index in [9.17, 15) is 4.79 Å². The molecule has 2 aromatic carbocycles. The summed E-state index contributed by atoms with van der Waals surface area (Å²) in [5.74, 6) is 0.570. The lowest BCUT2D eigenvalue weighted by Crippen LogP contribution is -2.36. The molecule has 0 spiro atoms. The zero-order chi connectivity index (χ0) is 18.6. The quantitative estimate of drug-likeness (QED) is 0.644. The van der Waals surface area contributed by atoms with Gasteiger partial charge in [0.25, 0.3) is 0 Å². The van der Waals surface area contributed by atoms with Crippen molar-refractivity contribution in [2.75, 3.05) is 6.54 Å². The van der Waals surface area contributed by atoms with Gasteiger partial charge in [-0.1, -0.05) is 60.8 Å². The van der Waals surface area contributed by atoms with Gasteiger partial charge in [0, 0.05) is 27.0 Å². The zero-order valence-corrected chi connectivity index (χ0v) is 16.0. The molecule has 4 nitrogen and oxygen atoms in total. The van der Waals surface area contributed by atoms with Crippen LogP contribution in [0.25, 0.3) is 0 Å². The van der Waals surface area contributed by atoms with Crippen LogP contribution in [0.15, 0.2) is 36.4 Å². The van der Waals surface area contributed by atoms with Gasteiger partial charge in [-0.15, -0.1) is 0 Å². The van der Waals surface area contributed by atoms with Gasteiger partial charge in [0.05, 0.1) is 0 Å². The fourth-order valence-corrected chi connectivity index (χ4v) is 3.23. The lowest BCUT2D eigenvalue weighted by Gasteiger charge is -2.26. The van der Waals surface area contributed by atoms with E-state index < -0.39 is 11.5 Å². The number of benzene rings is 2. The Kier molecular flexibility index (Phi) is 6.44. The first-order chi connectivity index (χ1) is 11.7. The number of carboxylic acid groups (broad SMARTS) is 1. The molecule has 2 aromatic rings. The Balaban J connectivity index is 2.16. The highest BCUT2D eigenvalue weighted by Crippen LogP contribution is 2.31. The van der Waals surface area contributed by atoms with Crippen LogP contribution < -0.4 is 10.1 Å². The van der Waals surface area contributed by atoms with Gasteiger partial charge >= 0.3 is 6.09 Å². The molecule has 0 atom stereocenters. The van der Waals surface area contributed by atoms with Gasteiger partial charge in [-0.05, 0) is 35.4 Å². The van der Waals surface area contributed by atoms with Gasteiger partial charge < -0.3 is 15.2 Å². The first-order valence-corrected chi connectivity index (χ1v) is 8.65. The topological polar surface area (TPSA) is 58.6 Å². The average Bonchev–Trinajstić information content (AvgIpc) is 2.51. The molecule has 0 aliphatic carbocycles. The fourth-order valence-electron chi connectivity index (χ4n) is 2.35. The molecule has 25 heavy (non-hydrogen) atoms. The number of amides is 1. The number of hydrogen-bond donors (Lipinski definition) is 2. The second-order valence-electron chi connectivity index (χ2n) is 6.25. The molecule has 0 aromatic heterocycles. The van der Waals surface area contributed by atoms with Crippen LogP contribution in [0.4, 0.5) is 4.79 Å². The molecule has 0 saturated heterocycles. The molecule has 0 saturated carbocycles. The van der Waals surface area contributed by atoms with Gasteiger partial charge in [-0.2, -0.15) is 0 Å². The van der Waals surface area contributed by atoms with Crippen LogP contribution in [0.5, 0.6) is 5.75 Å². The van der Waals surface area contributed by atoms with E-state index in [-0.39, 0.29) is 6.54 Å². The van der Waals surface area contributed by atoms with Crippen LogP contribution in [0.1, 0.15) is 25.0 Å². The number of halogens is 3. The Morgan fingerprint density at radius 3 is 2.36 bits per heavy atom. The van der Waals surface area contributed by atoms with Crippen molar-refractivity contribution in [2.45, 2.75) is 25.9 Å². The Morgan fingerprint density at radius 2 is 1.76 bits per heavy atom. The summed E-state index contributed by atoms with van der Waals surface area (Å²) in [6, 6.07) is 10.6. The molecule has 134 valence electrons. The second kappa shape index (κ2) is 8.17. The van der Waals surface area contributed by atoms with Gasteiger partial charge in [-0.25, -0.2) is 4.79 Å². The van der Waals surface area contributed by atoms with E-state index in [0.29, 0.717) is 27.4 Å². The van der Waals surface area contributed by atoms with Crippen LogP contribution >= 0.6 is 34.8 Å². The number of ether oxygens (including phenoxy) is 1. The smallest absolute Gasteiger partial charge is 0.404 e. The van der Waals surface area contributed by atoms with Crippen molar-refractivity contribution in [3.63, 3.8) is 0 Å². The molecule has 0 radical (unpaired) electrons. The SMILES string of the molecule is CC(C)(CNC(=O)O)c1cc(COc2cc(Cl)cc(Cl)c2)ccc1Cl. The third-order valence-electron chi connectivity index (χ3n) is 3.68. The third kappa shape index (κ3) is 5.70. The standard InChI is InChI=1S/C18H18Cl3NO3/c1-18(2,10-22-17(23)24)15-5-11(3-4-16(15)21)9-25-14-7-12(19)6-13(20)8-14/h3-8,22H,9-10H2,1-2H3,(H,23,24). The number of hydrogen-bond acceptors (Lipinski definition) is 2. The summed E-state index contributed by atoms with van der Waals surface area (Å²) in [5.41, 5.74) is 1.28. The van der Waals surface area contributed by atoms with Gasteiger partial charge in [0.15, 0.2) is 0 Å². The van der Waals surface area contributed by atoms with Crippen LogP contribution in [-0.4, -0.2) is 17.7 Å². The Hall–Kier alpha value is -1.62. The van der Waals surface area contributed by atoms with Crippen molar-refractivity contribution < 1.29 is 14.6 Å². The molecule has 7 heteroatoms. The minimum atomic E-state index is -1.07. The highest BCUT2D eigenvalue weighted by Gasteiger charge is 2.24. The lowest BCUT2D eigenvalue weighted by atomic mass is 9.83.